The molecule has 1 aliphatic heterocycles. The van der Waals surface area contributed by atoms with E-state index in [1.54, 1.807) is 0 Å². The van der Waals surface area contributed by atoms with Gasteiger partial charge in [0.2, 0.25) is 0 Å². The smallest absolute Gasteiger partial charge is 0.0636 e. The summed E-state index contributed by atoms with van der Waals surface area (Å²) in [4.78, 5) is 4.64. The maximum Gasteiger partial charge on any atom is 0.0636 e. The van der Waals surface area contributed by atoms with Crippen molar-refractivity contribution in [3.05, 3.63) is 94.5 Å². The Labute approximate surface area is 137 Å². The first-order valence-electron chi connectivity index (χ1n) is 8.29. The van der Waals surface area contributed by atoms with E-state index in [1.807, 2.05) is 24.4 Å². The minimum Gasteiger partial charge on any atom is -0.358 e. The number of hydrogen-bond acceptors (Lipinski definition) is 2. The van der Waals surface area contributed by atoms with Gasteiger partial charge in [-0.15, -0.1) is 0 Å². The van der Waals surface area contributed by atoms with Crippen LogP contribution in [0.1, 0.15) is 31.2 Å². The van der Waals surface area contributed by atoms with Gasteiger partial charge in [-0.3, -0.25) is 4.99 Å². The second kappa shape index (κ2) is 6.25. The van der Waals surface area contributed by atoms with E-state index < -0.39 is 0 Å². The van der Waals surface area contributed by atoms with E-state index in [1.165, 1.54) is 48.2 Å². The van der Waals surface area contributed by atoms with Gasteiger partial charge in [-0.05, 0) is 61.1 Å². The molecule has 0 unspecified atom stereocenters. The second-order valence-corrected chi connectivity index (χ2v) is 6.11. The molecule has 1 aromatic rings. The average Bonchev–Trinajstić information content (AvgIpc) is 2.80. The van der Waals surface area contributed by atoms with Gasteiger partial charge in [0.15, 0.2) is 0 Å². The van der Waals surface area contributed by atoms with Crippen molar-refractivity contribution in [3.8, 4) is 0 Å². The zero-order valence-corrected chi connectivity index (χ0v) is 13.1. The molecule has 2 aliphatic carbocycles. The third-order valence-corrected chi connectivity index (χ3v) is 4.43. The minimum absolute atomic E-state index is 0.980. The lowest BCUT2D eigenvalue weighted by Crippen LogP contribution is -2.21. The summed E-state index contributed by atoms with van der Waals surface area (Å²) in [5.74, 6) is 0. The molecule has 0 fully saturated rings. The van der Waals surface area contributed by atoms with Gasteiger partial charge in [-0.1, -0.05) is 36.4 Å². The Bertz CT molecular complexity index is 786. The highest BCUT2D eigenvalue weighted by Crippen LogP contribution is 2.32. The zero-order chi connectivity index (χ0) is 15.5. The van der Waals surface area contributed by atoms with Crippen LogP contribution in [0.3, 0.4) is 0 Å². The monoisotopic (exact) mass is 300 g/mol. The first kappa shape index (κ1) is 14.0. The van der Waals surface area contributed by atoms with E-state index in [9.17, 15) is 0 Å². The van der Waals surface area contributed by atoms with E-state index in [2.05, 4.69) is 52.8 Å². The van der Waals surface area contributed by atoms with Crippen LogP contribution in [-0.4, -0.2) is 6.21 Å². The fourth-order valence-corrected chi connectivity index (χ4v) is 3.21. The highest BCUT2D eigenvalue weighted by molar-refractivity contribution is 5.80. The van der Waals surface area contributed by atoms with Gasteiger partial charge in [0.05, 0.1) is 5.70 Å². The van der Waals surface area contributed by atoms with E-state index in [0.29, 0.717) is 0 Å². The molecule has 1 heterocycles. The van der Waals surface area contributed by atoms with Crippen LogP contribution in [0, 0.1) is 0 Å². The number of aliphatic imine (C=N–C) groups is 1. The number of rotatable bonds is 2. The fourth-order valence-electron chi connectivity index (χ4n) is 3.21. The van der Waals surface area contributed by atoms with Crippen LogP contribution in [-0.2, 0) is 0 Å². The summed E-state index contributed by atoms with van der Waals surface area (Å²) in [5.41, 5.74) is 7.39. The van der Waals surface area contributed by atoms with Crippen molar-refractivity contribution in [1.82, 2.24) is 5.32 Å². The molecule has 0 radical (unpaired) electrons. The first-order valence-corrected chi connectivity index (χ1v) is 8.29. The standard InChI is InChI=1S/C21H20N2/c1-2-7-16(8-3-1)15-22-19-10-6-12-21-18(14-19)13-17-9-4-5-11-20(17)23-21/h1-3,6-8,10,12-15,23H,4-5,9,11H2/b22-15+. The first-order chi connectivity index (χ1) is 11.4. The summed E-state index contributed by atoms with van der Waals surface area (Å²) in [6.07, 6.45) is 17.6. The van der Waals surface area contributed by atoms with E-state index in [-0.39, 0.29) is 0 Å². The molecule has 0 spiro atoms. The van der Waals surface area contributed by atoms with Gasteiger partial charge >= 0.3 is 0 Å². The van der Waals surface area contributed by atoms with E-state index >= 15 is 0 Å². The number of nitrogens with one attached hydrogen (secondary N) is 1. The van der Waals surface area contributed by atoms with Gasteiger partial charge in [0, 0.05) is 23.2 Å². The fraction of sp³-hybridized carbons (Fsp3) is 0.190. The molecular weight excluding hydrogens is 280 g/mol. The third-order valence-electron chi connectivity index (χ3n) is 4.43. The lowest BCUT2D eigenvalue weighted by molar-refractivity contribution is 0.644. The molecule has 1 aromatic carbocycles. The number of hydrogen-bond donors (Lipinski definition) is 1. The highest BCUT2D eigenvalue weighted by Gasteiger charge is 2.19. The Morgan fingerprint density at radius 1 is 1.00 bits per heavy atom. The SMILES string of the molecule is C1=CC(/N=C/c2ccccc2)=CC2=CC3=C(CCCC3)NC2=C1. The van der Waals surface area contributed by atoms with Gasteiger partial charge in [0.1, 0.15) is 0 Å². The number of fused-ring (bicyclic) bond motifs is 1. The van der Waals surface area contributed by atoms with Crippen LogP contribution >= 0.6 is 0 Å². The number of allylic oxidation sites excluding steroid dienone is 7. The third kappa shape index (κ3) is 3.11. The minimum atomic E-state index is 0.980. The van der Waals surface area contributed by atoms with Crippen LogP contribution in [0.15, 0.2) is 93.9 Å². The molecular formula is C21H20N2. The van der Waals surface area contributed by atoms with E-state index in [4.69, 9.17) is 0 Å². The van der Waals surface area contributed by atoms with Crippen molar-refractivity contribution in [2.75, 3.05) is 0 Å². The Balaban J connectivity index is 1.63. The van der Waals surface area contributed by atoms with Crippen LogP contribution in [0.5, 0.6) is 0 Å². The molecule has 0 saturated heterocycles. The summed E-state index contributed by atoms with van der Waals surface area (Å²) in [6, 6.07) is 10.2. The Kier molecular flexibility index (Phi) is 3.81. The van der Waals surface area contributed by atoms with Crippen molar-refractivity contribution in [2.24, 2.45) is 4.99 Å². The molecule has 2 heteroatoms. The molecule has 0 saturated carbocycles. The number of nitrogens with zero attached hydrogens (tertiary/aromatic N) is 1. The Hall–Kier alpha value is -2.61. The molecule has 0 bridgehead atoms. The second-order valence-electron chi connectivity index (χ2n) is 6.11. The topological polar surface area (TPSA) is 24.4 Å². The molecule has 2 nitrogen and oxygen atoms in total. The molecule has 114 valence electrons. The predicted molar refractivity (Wildman–Crippen MR) is 96.1 cm³/mol. The van der Waals surface area contributed by atoms with Crippen molar-refractivity contribution in [3.63, 3.8) is 0 Å². The van der Waals surface area contributed by atoms with Gasteiger partial charge < -0.3 is 5.32 Å². The number of benzene rings is 1. The summed E-state index contributed by atoms with van der Waals surface area (Å²) in [5, 5.41) is 3.62. The largest absolute Gasteiger partial charge is 0.358 e. The number of dihydropyridines is 1. The molecule has 4 rings (SSSR count). The quantitative estimate of drug-likeness (QED) is 0.779. The Morgan fingerprint density at radius 2 is 1.87 bits per heavy atom. The van der Waals surface area contributed by atoms with Crippen LogP contribution in [0.25, 0.3) is 0 Å². The van der Waals surface area contributed by atoms with E-state index in [0.717, 1.165) is 11.3 Å². The maximum absolute atomic E-state index is 4.64. The molecule has 3 aliphatic rings. The van der Waals surface area contributed by atoms with Crippen LogP contribution in [0.2, 0.25) is 0 Å². The van der Waals surface area contributed by atoms with Crippen molar-refractivity contribution in [2.45, 2.75) is 25.7 Å². The van der Waals surface area contributed by atoms with Gasteiger partial charge in [-0.25, -0.2) is 0 Å². The lowest BCUT2D eigenvalue weighted by atomic mass is 9.90. The normalized spacial score (nSPS) is 20.1. The summed E-state index contributed by atoms with van der Waals surface area (Å²) in [6.45, 7) is 0. The highest BCUT2D eigenvalue weighted by atomic mass is 14.9. The van der Waals surface area contributed by atoms with Gasteiger partial charge in [-0.2, -0.15) is 0 Å². The Morgan fingerprint density at radius 3 is 2.78 bits per heavy atom. The lowest BCUT2D eigenvalue weighted by Gasteiger charge is -2.26. The maximum atomic E-state index is 4.64. The summed E-state index contributed by atoms with van der Waals surface area (Å²) < 4.78 is 0. The van der Waals surface area contributed by atoms with Crippen molar-refractivity contribution in [1.29, 1.82) is 0 Å². The summed E-state index contributed by atoms with van der Waals surface area (Å²) >= 11 is 0. The van der Waals surface area contributed by atoms with Crippen LogP contribution in [0.4, 0.5) is 0 Å². The molecule has 23 heavy (non-hydrogen) atoms. The van der Waals surface area contributed by atoms with Crippen molar-refractivity contribution >= 4 is 6.21 Å². The predicted octanol–water partition coefficient (Wildman–Crippen LogP) is 4.80. The van der Waals surface area contributed by atoms with Crippen molar-refractivity contribution < 1.29 is 0 Å². The molecule has 1 N–H and O–H groups in total. The molecule has 0 amide bonds. The average molecular weight is 300 g/mol. The van der Waals surface area contributed by atoms with Crippen LogP contribution < -0.4 is 5.32 Å². The summed E-state index contributed by atoms with van der Waals surface area (Å²) in [7, 11) is 0. The van der Waals surface area contributed by atoms with Gasteiger partial charge in [0.25, 0.3) is 0 Å². The molecule has 0 aromatic heterocycles. The molecule has 0 atom stereocenters. The zero-order valence-electron chi connectivity index (χ0n) is 13.1.